The van der Waals surface area contributed by atoms with Crippen LogP contribution in [0.5, 0.6) is 0 Å². The summed E-state index contributed by atoms with van der Waals surface area (Å²) in [7, 11) is 0. The van der Waals surface area contributed by atoms with Crippen molar-refractivity contribution in [1.29, 1.82) is 0 Å². The molecule has 2 fully saturated rings. The van der Waals surface area contributed by atoms with Crippen molar-refractivity contribution < 1.29 is 19.4 Å². The molecule has 0 aromatic carbocycles. The van der Waals surface area contributed by atoms with E-state index in [1.165, 1.54) is 0 Å². The lowest BCUT2D eigenvalue weighted by Gasteiger charge is -2.47. The van der Waals surface area contributed by atoms with Gasteiger partial charge < -0.3 is 14.7 Å². The molecule has 1 heterocycles. The Morgan fingerprint density at radius 2 is 1.83 bits per heavy atom. The zero-order valence-corrected chi connectivity index (χ0v) is 15.3. The summed E-state index contributed by atoms with van der Waals surface area (Å²) in [5.41, 5.74) is -0.788. The first kappa shape index (κ1) is 18.1. The molecule has 23 heavy (non-hydrogen) atoms. The SMILES string of the molecule is CC1CC(C)(C)CC2(C1)CN(C(=O)OC(C)(C)C)CC2C(=O)O. The number of carboxylic acids is 1. The third kappa shape index (κ3) is 3.99. The molecule has 5 nitrogen and oxygen atoms in total. The smallest absolute Gasteiger partial charge is 0.410 e. The van der Waals surface area contributed by atoms with Crippen molar-refractivity contribution in [3.63, 3.8) is 0 Å². The van der Waals surface area contributed by atoms with Gasteiger partial charge in [-0.25, -0.2) is 4.79 Å². The second-order valence-corrected chi connectivity index (χ2v) is 9.47. The van der Waals surface area contributed by atoms with Crippen molar-refractivity contribution in [2.45, 2.75) is 66.4 Å². The highest BCUT2D eigenvalue weighted by Gasteiger charge is 2.56. The minimum atomic E-state index is -0.791. The minimum Gasteiger partial charge on any atom is -0.481 e. The molecule has 1 aliphatic heterocycles. The molecule has 1 saturated heterocycles. The van der Waals surface area contributed by atoms with E-state index >= 15 is 0 Å². The monoisotopic (exact) mass is 325 g/mol. The Morgan fingerprint density at radius 3 is 2.30 bits per heavy atom. The average Bonchev–Trinajstić information content (AvgIpc) is 2.62. The number of carbonyl (C=O) groups excluding carboxylic acids is 1. The summed E-state index contributed by atoms with van der Waals surface area (Å²) in [5.74, 6) is -0.822. The Labute approximate surface area is 139 Å². The van der Waals surface area contributed by atoms with Crippen LogP contribution in [0.4, 0.5) is 4.79 Å². The van der Waals surface area contributed by atoms with Gasteiger partial charge in [0, 0.05) is 18.5 Å². The first-order valence-electron chi connectivity index (χ1n) is 8.54. The Bertz CT molecular complexity index is 494. The zero-order valence-electron chi connectivity index (χ0n) is 15.3. The maximum absolute atomic E-state index is 12.4. The van der Waals surface area contributed by atoms with Crippen molar-refractivity contribution in [2.75, 3.05) is 13.1 Å². The van der Waals surface area contributed by atoms with E-state index in [9.17, 15) is 14.7 Å². The molecule has 0 bridgehead atoms. The number of ether oxygens (including phenoxy) is 1. The molecule has 1 N–H and O–H groups in total. The van der Waals surface area contributed by atoms with Gasteiger partial charge in [0.05, 0.1) is 5.92 Å². The highest BCUT2D eigenvalue weighted by atomic mass is 16.6. The van der Waals surface area contributed by atoms with Gasteiger partial charge in [0.25, 0.3) is 0 Å². The minimum absolute atomic E-state index is 0.106. The van der Waals surface area contributed by atoms with Crippen LogP contribution < -0.4 is 0 Å². The molecule has 0 radical (unpaired) electrons. The maximum Gasteiger partial charge on any atom is 0.410 e. The lowest BCUT2D eigenvalue weighted by Crippen LogP contribution is -2.44. The highest BCUT2D eigenvalue weighted by Crippen LogP contribution is 2.55. The first-order chi connectivity index (χ1) is 10.3. The molecule has 1 amide bonds. The van der Waals surface area contributed by atoms with E-state index in [0.717, 1.165) is 19.3 Å². The van der Waals surface area contributed by atoms with Gasteiger partial charge in [0.1, 0.15) is 5.60 Å². The summed E-state index contributed by atoms with van der Waals surface area (Å²) in [4.78, 5) is 25.9. The first-order valence-corrected chi connectivity index (χ1v) is 8.54. The van der Waals surface area contributed by atoms with Crippen LogP contribution in [0.2, 0.25) is 0 Å². The number of hydrogen-bond donors (Lipinski definition) is 1. The van der Waals surface area contributed by atoms with Crippen molar-refractivity contribution in [1.82, 2.24) is 4.90 Å². The summed E-state index contributed by atoms with van der Waals surface area (Å²) in [5, 5.41) is 9.74. The summed E-state index contributed by atoms with van der Waals surface area (Å²) in [6.07, 6.45) is 2.43. The molecule has 1 aliphatic carbocycles. The van der Waals surface area contributed by atoms with Gasteiger partial charge in [-0.15, -0.1) is 0 Å². The van der Waals surface area contributed by atoms with Crippen LogP contribution in [-0.4, -0.2) is 40.8 Å². The number of aliphatic carboxylic acids is 1. The Hall–Kier alpha value is -1.26. The third-order valence-corrected chi connectivity index (χ3v) is 5.08. The van der Waals surface area contributed by atoms with Crippen LogP contribution in [0.25, 0.3) is 0 Å². The third-order valence-electron chi connectivity index (χ3n) is 5.08. The van der Waals surface area contributed by atoms with E-state index in [1.54, 1.807) is 4.90 Å². The molecule has 2 rings (SSSR count). The molecule has 5 heteroatoms. The van der Waals surface area contributed by atoms with Gasteiger partial charge in [-0.2, -0.15) is 0 Å². The quantitative estimate of drug-likeness (QED) is 0.797. The van der Waals surface area contributed by atoms with E-state index in [2.05, 4.69) is 20.8 Å². The molecule has 0 aromatic rings. The number of nitrogens with zero attached hydrogens (tertiary/aromatic N) is 1. The van der Waals surface area contributed by atoms with Gasteiger partial charge in [0.15, 0.2) is 0 Å². The molecule has 1 spiro atoms. The van der Waals surface area contributed by atoms with Crippen LogP contribution in [0, 0.1) is 22.7 Å². The standard InChI is InChI=1S/C18H31NO4/c1-12-7-17(5,6)10-18(8-12)11-19(9-13(18)14(20)21)15(22)23-16(2,3)4/h12-13H,7-11H2,1-6H3,(H,20,21). The van der Waals surface area contributed by atoms with Gasteiger partial charge in [0.2, 0.25) is 0 Å². The number of carboxylic acid groups (broad SMARTS) is 1. The number of likely N-dealkylation sites (tertiary alicyclic amines) is 1. The van der Waals surface area contributed by atoms with Crippen LogP contribution in [0.1, 0.15) is 60.8 Å². The summed E-state index contributed by atoms with van der Waals surface area (Å²) < 4.78 is 5.46. The lowest BCUT2D eigenvalue weighted by atomic mass is 9.57. The molecule has 132 valence electrons. The van der Waals surface area contributed by atoms with Gasteiger partial charge in [-0.1, -0.05) is 20.8 Å². The molecule has 1 saturated carbocycles. The van der Waals surface area contributed by atoms with Crippen molar-refractivity contribution in [3.8, 4) is 0 Å². The maximum atomic E-state index is 12.4. The number of amides is 1. The van der Waals surface area contributed by atoms with E-state index < -0.39 is 23.6 Å². The predicted octanol–water partition coefficient (Wildman–Crippen LogP) is 3.77. The normalized spacial score (nSPS) is 33.7. The molecule has 0 aromatic heterocycles. The number of hydrogen-bond acceptors (Lipinski definition) is 3. The van der Waals surface area contributed by atoms with Gasteiger partial charge in [-0.05, 0) is 51.4 Å². The van der Waals surface area contributed by atoms with Crippen molar-refractivity contribution in [2.24, 2.45) is 22.7 Å². The van der Waals surface area contributed by atoms with Crippen LogP contribution in [-0.2, 0) is 9.53 Å². The Balaban J connectivity index is 2.25. The molecular weight excluding hydrogens is 294 g/mol. The summed E-state index contributed by atoms with van der Waals surface area (Å²) in [6.45, 7) is 12.8. The largest absolute Gasteiger partial charge is 0.481 e. The van der Waals surface area contributed by atoms with Crippen LogP contribution >= 0.6 is 0 Å². The molecule has 3 unspecified atom stereocenters. The summed E-state index contributed by atoms with van der Waals surface area (Å²) in [6, 6.07) is 0. The lowest BCUT2D eigenvalue weighted by molar-refractivity contribution is -0.147. The topological polar surface area (TPSA) is 66.8 Å². The summed E-state index contributed by atoms with van der Waals surface area (Å²) >= 11 is 0. The van der Waals surface area contributed by atoms with Gasteiger partial charge >= 0.3 is 12.1 Å². The molecule has 3 atom stereocenters. The number of carbonyl (C=O) groups is 2. The van der Waals surface area contributed by atoms with Gasteiger partial charge in [-0.3, -0.25) is 4.79 Å². The fourth-order valence-corrected chi connectivity index (χ4v) is 4.97. The second kappa shape index (κ2) is 5.67. The second-order valence-electron chi connectivity index (χ2n) is 9.47. The van der Waals surface area contributed by atoms with Crippen molar-refractivity contribution >= 4 is 12.1 Å². The molecule has 2 aliphatic rings. The molecular formula is C18H31NO4. The predicted molar refractivity (Wildman–Crippen MR) is 88.2 cm³/mol. The fraction of sp³-hybridized carbons (Fsp3) is 0.889. The van der Waals surface area contributed by atoms with Crippen LogP contribution in [0.15, 0.2) is 0 Å². The van der Waals surface area contributed by atoms with E-state index in [4.69, 9.17) is 4.74 Å². The fourth-order valence-electron chi connectivity index (χ4n) is 4.97. The number of rotatable bonds is 1. The van der Waals surface area contributed by atoms with Crippen molar-refractivity contribution in [3.05, 3.63) is 0 Å². The highest BCUT2D eigenvalue weighted by molar-refractivity contribution is 5.75. The Morgan fingerprint density at radius 1 is 1.22 bits per heavy atom. The van der Waals surface area contributed by atoms with E-state index in [0.29, 0.717) is 12.5 Å². The average molecular weight is 325 g/mol. The zero-order chi connectivity index (χ0) is 17.6. The van der Waals surface area contributed by atoms with E-state index in [-0.39, 0.29) is 17.4 Å². The van der Waals surface area contributed by atoms with E-state index in [1.807, 2.05) is 20.8 Å². The van der Waals surface area contributed by atoms with Crippen LogP contribution in [0.3, 0.4) is 0 Å². The Kier molecular flexibility index (Phi) is 4.46.